The number of amides is 2. The molecular weight excluding hydrogens is 456 g/mol. The van der Waals surface area contributed by atoms with Crippen LogP contribution in [0.5, 0.6) is 11.9 Å². The molecule has 11 nitrogen and oxygen atoms in total. The third-order valence-electron chi connectivity index (χ3n) is 4.62. The average molecular weight is 477 g/mol. The van der Waals surface area contributed by atoms with Gasteiger partial charge in [0.15, 0.2) is 5.13 Å². The summed E-state index contributed by atoms with van der Waals surface area (Å²) in [5.41, 5.74) is 1.32. The number of esters is 1. The molecule has 0 bridgehead atoms. The van der Waals surface area contributed by atoms with E-state index in [0.717, 1.165) is 10.6 Å². The highest BCUT2D eigenvalue weighted by Crippen LogP contribution is 2.32. The summed E-state index contributed by atoms with van der Waals surface area (Å²) in [4.78, 5) is 40.7. The summed E-state index contributed by atoms with van der Waals surface area (Å²) in [5, 5.41) is 7.58. The molecule has 13 heteroatoms. The fourth-order valence-corrected chi connectivity index (χ4v) is 4.89. The van der Waals surface area contributed by atoms with Crippen LogP contribution >= 0.6 is 22.7 Å². The van der Waals surface area contributed by atoms with Crippen molar-refractivity contribution in [2.24, 2.45) is 0 Å². The minimum absolute atomic E-state index is 0.230. The number of hydrogen-bond acceptors (Lipinski definition) is 11. The normalized spacial score (nSPS) is 12.7. The topological polar surface area (TPSA) is 128 Å². The number of methoxy groups -OCH3 is 3. The lowest BCUT2D eigenvalue weighted by atomic mass is 10.2. The highest BCUT2D eigenvalue weighted by Gasteiger charge is 2.24. The van der Waals surface area contributed by atoms with Crippen molar-refractivity contribution in [1.82, 2.24) is 15.0 Å². The number of carbonyl (C=O) groups is 2. The molecule has 32 heavy (non-hydrogen) atoms. The molecule has 0 unspecified atom stereocenters. The van der Waals surface area contributed by atoms with Crippen molar-refractivity contribution < 1.29 is 23.8 Å². The van der Waals surface area contributed by atoms with Gasteiger partial charge in [-0.05, 0) is 11.4 Å². The van der Waals surface area contributed by atoms with Gasteiger partial charge in [0.2, 0.25) is 5.88 Å². The summed E-state index contributed by atoms with van der Waals surface area (Å²) in [7, 11) is 4.34. The second-order valence-electron chi connectivity index (χ2n) is 6.55. The van der Waals surface area contributed by atoms with E-state index in [1.807, 2.05) is 0 Å². The van der Waals surface area contributed by atoms with Crippen LogP contribution in [0, 0.1) is 0 Å². The second kappa shape index (κ2) is 9.36. The molecule has 2 amide bonds. The zero-order valence-electron chi connectivity index (χ0n) is 17.5. The number of thiazole rings is 1. The van der Waals surface area contributed by atoms with Gasteiger partial charge >= 0.3 is 18.0 Å². The Morgan fingerprint density at radius 1 is 1.12 bits per heavy atom. The first-order chi connectivity index (χ1) is 15.5. The van der Waals surface area contributed by atoms with Gasteiger partial charge in [0.25, 0.3) is 0 Å². The van der Waals surface area contributed by atoms with Crippen molar-refractivity contribution in [1.29, 1.82) is 0 Å². The van der Waals surface area contributed by atoms with Crippen LogP contribution in [0.3, 0.4) is 0 Å². The zero-order chi connectivity index (χ0) is 22.7. The molecule has 2 N–H and O–H groups in total. The fraction of sp³-hybridized carbons (Fsp3) is 0.316. The van der Waals surface area contributed by atoms with Crippen LogP contribution in [0.15, 0.2) is 17.5 Å². The predicted molar refractivity (Wildman–Crippen MR) is 120 cm³/mol. The van der Waals surface area contributed by atoms with Crippen LogP contribution in [0.1, 0.15) is 20.2 Å². The zero-order valence-corrected chi connectivity index (χ0v) is 19.1. The number of hydrogen-bond donors (Lipinski definition) is 2. The van der Waals surface area contributed by atoms with Gasteiger partial charge in [-0.1, -0.05) is 11.3 Å². The monoisotopic (exact) mass is 476 g/mol. The van der Waals surface area contributed by atoms with Gasteiger partial charge in [-0.25, -0.2) is 14.6 Å². The van der Waals surface area contributed by atoms with E-state index in [-0.39, 0.29) is 6.01 Å². The molecule has 4 rings (SSSR count). The van der Waals surface area contributed by atoms with Gasteiger partial charge in [-0.2, -0.15) is 9.97 Å². The Morgan fingerprint density at radius 2 is 1.97 bits per heavy atom. The third-order valence-corrected chi connectivity index (χ3v) is 6.51. The number of carbonyl (C=O) groups excluding carboxylic acids is 2. The number of thiophene rings is 1. The standard InChI is InChI=1S/C19H20N6O5S2/c1-28-14-8-13(22-18(23-14)30-3)25-6-4-10-12(9-25)32-19(21-10)24-17(27)20-11-5-7-31-15(11)16(26)29-2/h5,7-8H,4,6,9H2,1-3H3,(H2,20,21,24,27). The molecule has 1 aliphatic heterocycles. The van der Waals surface area contributed by atoms with Gasteiger partial charge in [-0.15, -0.1) is 11.3 Å². The van der Waals surface area contributed by atoms with Gasteiger partial charge in [0.1, 0.15) is 10.7 Å². The van der Waals surface area contributed by atoms with E-state index in [2.05, 4.69) is 30.5 Å². The van der Waals surface area contributed by atoms with Gasteiger partial charge in [-0.3, -0.25) is 5.32 Å². The lowest BCUT2D eigenvalue weighted by molar-refractivity contribution is 0.0607. The fourth-order valence-electron chi connectivity index (χ4n) is 3.10. The van der Waals surface area contributed by atoms with Crippen LogP contribution in [-0.4, -0.2) is 54.8 Å². The number of nitrogens with zero attached hydrogens (tertiary/aromatic N) is 4. The Morgan fingerprint density at radius 3 is 2.72 bits per heavy atom. The van der Waals surface area contributed by atoms with Crippen LogP contribution in [0.25, 0.3) is 0 Å². The average Bonchev–Trinajstić information content (AvgIpc) is 3.43. The Hall–Kier alpha value is -3.45. The number of ether oxygens (including phenoxy) is 3. The van der Waals surface area contributed by atoms with E-state index in [9.17, 15) is 9.59 Å². The smallest absolute Gasteiger partial charge is 0.350 e. The number of nitrogens with one attached hydrogen (secondary N) is 2. The Kier molecular flexibility index (Phi) is 6.37. The largest absolute Gasteiger partial charge is 0.481 e. The maximum Gasteiger partial charge on any atom is 0.350 e. The lowest BCUT2D eigenvalue weighted by Gasteiger charge is -2.27. The summed E-state index contributed by atoms with van der Waals surface area (Å²) < 4.78 is 15.1. The van der Waals surface area contributed by atoms with Crippen LogP contribution in [0.4, 0.5) is 21.4 Å². The van der Waals surface area contributed by atoms with Crippen molar-refractivity contribution >= 4 is 51.3 Å². The van der Waals surface area contributed by atoms with E-state index in [1.54, 1.807) is 17.5 Å². The minimum Gasteiger partial charge on any atom is -0.481 e. The summed E-state index contributed by atoms with van der Waals surface area (Å²) in [6.45, 7) is 1.28. The van der Waals surface area contributed by atoms with Crippen molar-refractivity contribution in [3.8, 4) is 11.9 Å². The van der Waals surface area contributed by atoms with E-state index in [4.69, 9.17) is 14.2 Å². The highest BCUT2D eigenvalue weighted by atomic mass is 32.1. The summed E-state index contributed by atoms with van der Waals surface area (Å²) >= 11 is 2.58. The summed E-state index contributed by atoms with van der Waals surface area (Å²) in [6, 6.07) is 3.14. The number of anilines is 3. The first kappa shape index (κ1) is 21.8. The van der Waals surface area contributed by atoms with Crippen LogP contribution in [0.2, 0.25) is 0 Å². The van der Waals surface area contributed by atoms with Gasteiger partial charge < -0.3 is 24.4 Å². The van der Waals surface area contributed by atoms with Crippen LogP contribution in [-0.2, 0) is 17.7 Å². The third kappa shape index (κ3) is 4.57. The minimum atomic E-state index is -0.502. The molecule has 0 saturated carbocycles. The first-order valence-corrected chi connectivity index (χ1v) is 11.1. The molecule has 1 aliphatic rings. The van der Waals surface area contributed by atoms with E-state index < -0.39 is 12.0 Å². The maximum atomic E-state index is 12.4. The molecule has 3 aromatic rings. The summed E-state index contributed by atoms with van der Waals surface area (Å²) in [6.07, 6.45) is 0.695. The molecule has 0 aliphatic carbocycles. The molecule has 0 atom stereocenters. The number of fused-ring (bicyclic) bond motifs is 1. The van der Waals surface area contributed by atoms with Crippen molar-refractivity contribution in [3.63, 3.8) is 0 Å². The molecule has 4 heterocycles. The van der Waals surface area contributed by atoms with Gasteiger partial charge in [0.05, 0.1) is 39.3 Å². The van der Waals surface area contributed by atoms with E-state index in [1.165, 1.54) is 44.0 Å². The quantitative estimate of drug-likeness (QED) is 0.516. The first-order valence-electron chi connectivity index (χ1n) is 9.45. The number of aromatic nitrogens is 3. The molecule has 0 radical (unpaired) electrons. The summed E-state index contributed by atoms with van der Waals surface area (Å²) in [5.74, 6) is 0.603. The Bertz CT molecular complexity index is 1120. The van der Waals surface area contributed by atoms with Crippen molar-refractivity contribution in [2.75, 3.05) is 43.4 Å². The molecule has 0 spiro atoms. The van der Waals surface area contributed by atoms with Crippen molar-refractivity contribution in [3.05, 3.63) is 33.0 Å². The predicted octanol–water partition coefficient (Wildman–Crippen LogP) is 3.01. The van der Waals surface area contributed by atoms with Gasteiger partial charge in [0, 0.05) is 23.9 Å². The lowest BCUT2D eigenvalue weighted by Crippen LogP contribution is -2.30. The van der Waals surface area contributed by atoms with E-state index >= 15 is 0 Å². The molecule has 0 fully saturated rings. The van der Waals surface area contributed by atoms with Crippen molar-refractivity contribution in [2.45, 2.75) is 13.0 Å². The molecule has 0 saturated heterocycles. The second-order valence-corrected chi connectivity index (χ2v) is 8.55. The maximum absolute atomic E-state index is 12.4. The molecule has 0 aromatic carbocycles. The molecular formula is C19H20N6O5S2. The number of urea groups is 1. The Labute approximate surface area is 191 Å². The Balaban J connectivity index is 1.44. The highest BCUT2D eigenvalue weighted by molar-refractivity contribution is 7.16. The molecule has 3 aromatic heterocycles. The van der Waals surface area contributed by atoms with E-state index in [0.29, 0.717) is 46.9 Å². The SMILES string of the molecule is COC(=O)c1sccc1NC(=O)Nc1nc2c(s1)CN(c1cc(OC)nc(OC)n1)CC2. The van der Waals surface area contributed by atoms with Crippen LogP contribution < -0.4 is 25.0 Å². The molecule has 168 valence electrons. The number of rotatable bonds is 6.